The van der Waals surface area contributed by atoms with Crippen molar-refractivity contribution in [1.82, 2.24) is 24.8 Å². The standard InChI is InChI=1S/C19H25N7O3S/c1-6-14(27)25(3)13-7-8-20-19(21-13)30-15-16(28-4)22-18(23-17(15)29-5)26-11-9-24(2)10-12-26/h6-8H,1,9-12H2,2-5H3. The maximum atomic E-state index is 11.9. The van der Waals surface area contributed by atoms with E-state index in [2.05, 4.69) is 43.4 Å². The molecule has 1 aliphatic rings. The van der Waals surface area contributed by atoms with Crippen LogP contribution in [0.25, 0.3) is 0 Å². The van der Waals surface area contributed by atoms with Gasteiger partial charge in [-0.1, -0.05) is 6.58 Å². The van der Waals surface area contributed by atoms with E-state index in [0.717, 1.165) is 26.2 Å². The minimum Gasteiger partial charge on any atom is -0.480 e. The van der Waals surface area contributed by atoms with Crippen LogP contribution in [0.5, 0.6) is 11.8 Å². The van der Waals surface area contributed by atoms with Crippen LogP contribution in [0.4, 0.5) is 11.8 Å². The third-order valence-electron chi connectivity index (χ3n) is 4.63. The van der Waals surface area contributed by atoms with E-state index < -0.39 is 0 Å². The van der Waals surface area contributed by atoms with Crippen molar-refractivity contribution in [2.45, 2.75) is 10.1 Å². The van der Waals surface area contributed by atoms with E-state index in [4.69, 9.17) is 9.47 Å². The van der Waals surface area contributed by atoms with Crippen molar-refractivity contribution in [3.63, 3.8) is 0 Å². The van der Waals surface area contributed by atoms with Crippen LogP contribution in [0.15, 0.2) is 35.0 Å². The lowest BCUT2D eigenvalue weighted by Gasteiger charge is -2.32. The van der Waals surface area contributed by atoms with E-state index in [9.17, 15) is 4.79 Å². The van der Waals surface area contributed by atoms with Crippen molar-refractivity contribution in [3.05, 3.63) is 24.9 Å². The highest BCUT2D eigenvalue weighted by molar-refractivity contribution is 7.99. The topological polar surface area (TPSA) is 96.8 Å². The summed E-state index contributed by atoms with van der Waals surface area (Å²) in [4.78, 5) is 36.1. The summed E-state index contributed by atoms with van der Waals surface area (Å²) in [6.07, 6.45) is 2.81. The van der Waals surface area contributed by atoms with E-state index in [-0.39, 0.29) is 5.91 Å². The van der Waals surface area contributed by atoms with Gasteiger partial charge in [0.1, 0.15) is 10.7 Å². The molecule has 10 nitrogen and oxygen atoms in total. The monoisotopic (exact) mass is 431 g/mol. The Morgan fingerprint density at radius 2 is 1.80 bits per heavy atom. The van der Waals surface area contributed by atoms with E-state index in [1.165, 1.54) is 22.7 Å². The summed E-state index contributed by atoms with van der Waals surface area (Å²) in [5.74, 6) is 1.51. The fraction of sp³-hybridized carbons (Fsp3) is 0.421. The largest absolute Gasteiger partial charge is 0.480 e. The van der Waals surface area contributed by atoms with Crippen LogP contribution in [0.1, 0.15) is 0 Å². The minimum absolute atomic E-state index is 0.264. The summed E-state index contributed by atoms with van der Waals surface area (Å²) in [5, 5.41) is 0.406. The first-order valence-electron chi connectivity index (χ1n) is 9.31. The maximum absolute atomic E-state index is 11.9. The van der Waals surface area contributed by atoms with Gasteiger partial charge in [0.2, 0.25) is 17.7 Å². The van der Waals surface area contributed by atoms with Crippen molar-refractivity contribution < 1.29 is 14.3 Å². The quantitative estimate of drug-likeness (QED) is 0.472. The van der Waals surface area contributed by atoms with Crippen LogP contribution in [0.3, 0.4) is 0 Å². The van der Waals surface area contributed by atoms with Gasteiger partial charge < -0.3 is 19.3 Å². The van der Waals surface area contributed by atoms with Crippen molar-refractivity contribution in [1.29, 1.82) is 0 Å². The van der Waals surface area contributed by atoms with E-state index in [1.807, 2.05) is 0 Å². The Balaban J connectivity index is 1.90. The van der Waals surface area contributed by atoms with Crippen molar-refractivity contribution in [2.75, 3.05) is 64.3 Å². The summed E-state index contributed by atoms with van der Waals surface area (Å²) < 4.78 is 11.0. The number of carbonyl (C=O) groups excluding carboxylic acids is 1. The summed E-state index contributed by atoms with van der Waals surface area (Å²) >= 11 is 1.21. The zero-order valence-electron chi connectivity index (χ0n) is 17.5. The van der Waals surface area contributed by atoms with Crippen LogP contribution in [0, 0.1) is 0 Å². The lowest BCUT2D eigenvalue weighted by molar-refractivity contribution is -0.113. The fourth-order valence-electron chi connectivity index (χ4n) is 2.82. The molecule has 30 heavy (non-hydrogen) atoms. The number of rotatable bonds is 7. The average molecular weight is 432 g/mol. The van der Waals surface area contributed by atoms with E-state index >= 15 is 0 Å². The van der Waals surface area contributed by atoms with Crippen LogP contribution in [-0.2, 0) is 4.79 Å². The lowest BCUT2D eigenvalue weighted by Crippen LogP contribution is -2.45. The molecule has 0 spiro atoms. The normalized spacial score (nSPS) is 14.3. The molecule has 1 fully saturated rings. The molecule has 3 rings (SSSR count). The highest BCUT2D eigenvalue weighted by Gasteiger charge is 2.24. The Labute approximate surface area is 179 Å². The third-order valence-corrected chi connectivity index (χ3v) is 5.56. The van der Waals surface area contributed by atoms with Crippen LogP contribution >= 0.6 is 11.8 Å². The molecule has 0 aliphatic carbocycles. The van der Waals surface area contributed by atoms with Gasteiger partial charge in [0, 0.05) is 39.4 Å². The number of ether oxygens (including phenoxy) is 2. The third kappa shape index (κ3) is 4.79. The van der Waals surface area contributed by atoms with Gasteiger partial charge in [-0.25, -0.2) is 9.97 Å². The SMILES string of the molecule is C=CC(=O)N(C)c1ccnc(Sc2c(OC)nc(N3CCN(C)CC3)nc2OC)n1. The molecule has 0 N–H and O–H groups in total. The average Bonchev–Trinajstić information content (AvgIpc) is 2.78. The van der Waals surface area contributed by atoms with Gasteiger partial charge >= 0.3 is 0 Å². The van der Waals surface area contributed by atoms with Gasteiger partial charge in [-0.2, -0.15) is 9.97 Å². The number of anilines is 2. The Kier molecular flexibility index (Phi) is 7.06. The molecule has 160 valence electrons. The van der Waals surface area contributed by atoms with E-state index in [0.29, 0.717) is 33.6 Å². The van der Waals surface area contributed by atoms with Gasteiger partial charge in [-0.15, -0.1) is 0 Å². The van der Waals surface area contributed by atoms with Gasteiger partial charge in [0.15, 0.2) is 5.16 Å². The molecule has 0 atom stereocenters. The molecule has 11 heteroatoms. The molecular weight excluding hydrogens is 406 g/mol. The lowest BCUT2D eigenvalue weighted by atomic mass is 10.3. The van der Waals surface area contributed by atoms with Gasteiger partial charge in [-0.05, 0) is 31.0 Å². The molecule has 3 heterocycles. The van der Waals surface area contributed by atoms with Crippen LogP contribution in [0.2, 0.25) is 0 Å². The highest BCUT2D eigenvalue weighted by atomic mass is 32.2. The zero-order valence-corrected chi connectivity index (χ0v) is 18.3. The number of aromatic nitrogens is 4. The molecule has 1 amide bonds. The Morgan fingerprint density at radius 3 is 2.37 bits per heavy atom. The number of hydrogen-bond acceptors (Lipinski definition) is 10. The van der Waals surface area contributed by atoms with Gasteiger partial charge in [0.05, 0.1) is 14.2 Å². The zero-order chi connectivity index (χ0) is 21.7. The Bertz CT molecular complexity index is 894. The molecule has 0 radical (unpaired) electrons. The number of amides is 1. The number of piperazine rings is 1. The number of carbonyl (C=O) groups is 1. The summed E-state index contributed by atoms with van der Waals surface area (Å²) in [5.41, 5.74) is 0. The number of hydrogen-bond donors (Lipinski definition) is 0. The predicted molar refractivity (Wildman–Crippen MR) is 115 cm³/mol. The Morgan fingerprint density at radius 1 is 1.17 bits per heavy atom. The Hall–Kier alpha value is -2.92. The second kappa shape index (κ2) is 9.72. The van der Waals surface area contributed by atoms with Crippen LogP contribution in [-0.4, -0.2) is 85.2 Å². The molecular formula is C19H25N7O3S. The summed E-state index contributed by atoms with van der Waals surface area (Å²) in [7, 11) is 6.81. The predicted octanol–water partition coefficient (Wildman–Crippen LogP) is 1.34. The summed E-state index contributed by atoms with van der Waals surface area (Å²) in [6, 6.07) is 1.65. The van der Waals surface area contributed by atoms with Gasteiger partial charge in [0.25, 0.3) is 5.91 Å². The number of nitrogens with zero attached hydrogens (tertiary/aromatic N) is 7. The first kappa shape index (κ1) is 21.8. The number of likely N-dealkylation sites (N-methyl/N-ethyl adjacent to an activating group) is 2. The fourth-order valence-corrected chi connectivity index (χ4v) is 3.69. The molecule has 0 saturated carbocycles. The number of methoxy groups -OCH3 is 2. The van der Waals surface area contributed by atoms with Crippen molar-refractivity contribution >= 4 is 29.4 Å². The van der Waals surface area contributed by atoms with Crippen molar-refractivity contribution in [2.24, 2.45) is 0 Å². The summed E-state index contributed by atoms with van der Waals surface area (Å²) in [6.45, 7) is 7.01. The molecule has 0 aromatic carbocycles. The molecule has 1 saturated heterocycles. The second-order valence-electron chi connectivity index (χ2n) is 6.56. The van der Waals surface area contributed by atoms with E-state index in [1.54, 1.807) is 33.5 Å². The molecule has 2 aromatic heterocycles. The molecule has 0 bridgehead atoms. The smallest absolute Gasteiger partial charge is 0.251 e. The van der Waals surface area contributed by atoms with Crippen LogP contribution < -0.4 is 19.3 Å². The van der Waals surface area contributed by atoms with Crippen molar-refractivity contribution in [3.8, 4) is 11.8 Å². The molecule has 1 aliphatic heterocycles. The van der Waals surface area contributed by atoms with Gasteiger partial charge in [-0.3, -0.25) is 9.69 Å². The highest BCUT2D eigenvalue weighted by Crippen LogP contribution is 2.39. The molecule has 0 unspecified atom stereocenters. The maximum Gasteiger partial charge on any atom is 0.251 e. The second-order valence-corrected chi connectivity index (χ2v) is 7.54. The first-order valence-corrected chi connectivity index (χ1v) is 10.1. The molecule has 2 aromatic rings. The minimum atomic E-state index is -0.264. The first-order chi connectivity index (χ1) is 14.5.